The molecule has 1 aliphatic rings. The number of halogens is 3. The van der Waals surface area contributed by atoms with Crippen LogP contribution in [0.5, 0.6) is 0 Å². The molecule has 3 heterocycles. The third kappa shape index (κ3) is 4.22. The molecule has 0 unspecified atom stereocenters. The standard InChI is InChI=1S/C22H18F3N3O3S/c1-2-32(30,31)20-10-15(6-7-26-20)14-4-3-5-16(8-14)21(29)28-12-17-9-18(22(23,24)25)11-27-19(17)13-28/h3-11H,2,12-13H2,1H3. The predicted octanol–water partition coefficient (Wildman–Crippen LogP) is 4.11. The Morgan fingerprint density at radius 1 is 1.06 bits per heavy atom. The van der Waals surface area contributed by atoms with E-state index in [1.807, 2.05) is 0 Å². The maximum atomic E-state index is 13.0. The number of pyridine rings is 2. The molecule has 3 aromatic rings. The lowest BCUT2D eigenvalue weighted by Gasteiger charge is -2.16. The van der Waals surface area contributed by atoms with Crippen molar-refractivity contribution in [3.05, 3.63) is 77.2 Å². The van der Waals surface area contributed by atoms with Crippen LogP contribution < -0.4 is 0 Å². The Hall–Kier alpha value is -3.27. The monoisotopic (exact) mass is 461 g/mol. The average Bonchev–Trinajstić information content (AvgIpc) is 3.21. The van der Waals surface area contributed by atoms with Crippen LogP contribution in [0.4, 0.5) is 13.2 Å². The molecular weight excluding hydrogens is 443 g/mol. The minimum atomic E-state index is -4.50. The predicted molar refractivity (Wildman–Crippen MR) is 110 cm³/mol. The molecule has 0 aliphatic carbocycles. The SMILES string of the molecule is CCS(=O)(=O)c1cc(-c2cccc(C(=O)N3Cc4cc(C(F)(F)F)cnc4C3)c2)ccn1. The fourth-order valence-electron chi connectivity index (χ4n) is 3.48. The Balaban J connectivity index is 1.59. The van der Waals surface area contributed by atoms with Crippen LogP contribution in [0, 0.1) is 0 Å². The third-order valence-corrected chi connectivity index (χ3v) is 6.87. The highest BCUT2D eigenvalue weighted by Gasteiger charge is 2.34. The topological polar surface area (TPSA) is 80.2 Å². The molecule has 32 heavy (non-hydrogen) atoms. The molecule has 0 bridgehead atoms. The summed E-state index contributed by atoms with van der Waals surface area (Å²) >= 11 is 0. The van der Waals surface area contributed by atoms with Gasteiger partial charge in [0.1, 0.15) is 0 Å². The number of carbonyl (C=O) groups excluding carboxylic acids is 1. The van der Waals surface area contributed by atoms with Crippen LogP contribution >= 0.6 is 0 Å². The van der Waals surface area contributed by atoms with Crippen molar-refractivity contribution in [2.75, 3.05) is 5.75 Å². The van der Waals surface area contributed by atoms with Gasteiger partial charge in [-0.15, -0.1) is 0 Å². The van der Waals surface area contributed by atoms with Gasteiger partial charge in [0, 0.05) is 24.5 Å². The number of nitrogens with zero attached hydrogens (tertiary/aromatic N) is 3. The van der Waals surface area contributed by atoms with E-state index in [2.05, 4.69) is 9.97 Å². The number of carbonyl (C=O) groups is 1. The van der Waals surface area contributed by atoms with Crippen LogP contribution in [0.1, 0.15) is 34.1 Å². The quantitative estimate of drug-likeness (QED) is 0.584. The first-order valence-electron chi connectivity index (χ1n) is 9.72. The fraction of sp³-hybridized carbons (Fsp3) is 0.227. The lowest BCUT2D eigenvalue weighted by atomic mass is 10.0. The summed E-state index contributed by atoms with van der Waals surface area (Å²) < 4.78 is 63.1. The van der Waals surface area contributed by atoms with Gasteiger partial charge in [-0.3, -0.25) is 9.78 Å². The summed E-state index contributed by atoms with van der Waals surface area (Å²) in [6, 6.07) is 10.8. The van der Waals surface area contributed by atoms with E-state index in [1.165, 1.54) is 24.1 Å². The molecular formula is C22H18F3N3O3S. The molecule has 166 valence electrons. The number of benzene rings is 1. The zero-order chi connectivity index (χ0) is 23.1. The highest BCUT2D eigenvalue weighted by molar-refractivity contribution is 7.91. The van der Waals surface area contributed by atoms with Gasteiger partial charge in [0.15, 0.2) is 14.9 Å². The smallest absolute Gasteiger partial charge is 0.328 e. The second-order valence-corrected chi connectivity index (χ2v) is 9.58. The summed E-state index contributed by atoms with van der Waals surface area (Å²) in [6.45, 7) is 1.68. The van der Waals surface area contributed by atoms with Gasteiger partial charge in [0.2, 0.25) is 0 Å². The van der Waals surface area contributed by atoms with Crippen molar-refractivity contribution in [1.82, 2.24) is 14.9 Å². The van der Waals surface area contributed by atoms with Gasteiger partial charge in [-0.2, -0.15) is 13.2 Å². The molecule has 0 fully saturated rings. The molecule has 0 atom stereocenters. The molecule has 10 heteroatoms. The Labute approximate surface area is 182 Å². The van der Waals surface area contributed by atoms with Crippen molar-refractivity contribution < 1.29 is 26.4 Å². The van der Waals surface area contributed by atoms with Crippen LogP contribution in [0.2, 0.25) is 0 Å². The molecule has 4 rings (SSSR count). The van der Waals surface area contributed by atoms with Crippen molar-refractivity contribution >= 4 is 15.7 Å². The molecule has 0 saturated carbocycles. The third-order valence-electron chi connectivity index (χ3n) is 5.25. The van der Waals surface area contributed by atoms with Gasteiger partial charge in [-0.05, 0) is 47.0 Å². The summed E-state index contributed by atoms with van der Waals surface area (Å²) in [7, 11) is -3.49. The van der Waals surface area contributed by atoms with Gasteiger partial charge in [0.25, 0.3) is 5.91 Å². The van der Waals surface area contributed by atoms with Gasteiger partial charge in [-0.1, -0.05) is 19.1 Å². The summed E-state index contributed by atoms with van der Waals surface area (Å²) in [4.78, 5) is 22.3. The molecule has 0 saturated heterocycles. The number of aromatic nitrogens is 2. The first-order chi connectivity index (χ1) is 15.1. The van der Waals surface area contributed by atoms with E-state index < -0.39 is 21.6 Å². The minimum absolute atomic E-state index is 0.0312. The lowest BCUT2D eigenvalue weighted by Crippen LogP contribution is -2.25. The van der Waals surface area contributed by atoms with E-state index in [0.29, 0.717) is 27.9 Å². The summed E-state index contributed by atoms with van der Waals surface area (Å²) in [5, 5.41) is -0.0456. The minimum Gasteiger partial charge on any atom is -0.328 e. The lowest BCUT2D eigenvalue weighted by molar-refractivity contribution is -0.137. The number of amides is 1. The Bertz CT molecular complexity index is 1310. The van der Waals surface area contributed by atoms with Gasteiger partial charge >= 0.3 is 6.18 Å². The van der Waals surface area contributed by atoms with E-state index in [9.17, 15) is 26.4 Å². The summed E-state index contributed by atoms with van der Waals surface area (Å²) in [5.41, 5.74) is 1.51. The first-order valence-corrected chi connectivity index (χ1v) is 11.4. The molecule has 0 radical (unpaired) electrons. The highest BCUT2D eigenvalue weighted by Crippen LogP contribution is 2.32. The van der Waals surface area contributed by atoms with E-state index in [0.717, 1.165) is 12.3 Å². The summed E-state index contributed by atoms with van der Waals surface area (Å²) in [5.74, 6) is -0.435. The van der Waals surface area contributed by atoms with Crippen LogP contribution in [0.3, 0.4) is 0 Å². The van der Waals surface area contributed by atoms with E-state index in [4.69, 9.17) is 0 Å². The van der Waals surface area contributed by atoms with Gasteiger partial charge in [0.05, 0.1) is 23.6 Å². The number of hydrogen-bond acceptors (Lipinski definition) is 5. The molecule has 1 aliphatic heterocycles. The zero-order valence-corrected chi connectivity index (χ0v) is 17.7. The van der Waals surface area contributed by atoms with Crippen molar-refractivity contribution in [3.63, 3.8) is 0 Å². The number of alkyl halides is 3. The van der Waals surface area contributed by atoms with Crippen LogP contribution in [0.25, 0.3) is 11.1 Å². The second-order valence-electron chi connectivity index (χ2n) is 7.36. The van der Waals surface area contributed by atoms with Gasteiger partial charge < -0.3 is 4.90 Å². The van der Waals surface area contributed by atoms with Crippen LogP contribution in [0.15, 0.2) is 59.9 Å². The molecule has 0 spiro atoms. The molecule has 1 amide bonds. The maximum absolute atomic E-state index is 13.0. The fourth-order valence-corrected chi connectivity index (χ4v) is 4.30. The van der Waals surface area contributed by atoms with Crippen LogP contribution in [-0.4, -0.2) is 34.9 Å². The Kier molecular flexibility index (Phi) is 5.49. The van der Waals surface area contributed by atoms with Crippen molar-refractivity contribution in [3.8, 4) is 11.1 Å². The maximum Gasteiger partial charge on any atom is 0.417 e. The highest BCUT2D eigenvalue weighted by atomic mass is 32.2. The molecule has 2 aromatic heterocycles. The number of rotatable bonds is 4. The van der Waals surface area contributed by atoms with Crippen LogP contribution in [-0.2, 0) is 29.1 Å². The van der Waals surface area contributed by atoms with Gasteiger partial charge in [-0.25, -0.2) is 13.4 Å². The molecule has 0 N–H and O–H groups in total. The van der Waals surface area contributed by atoms with Crippen molar-refractivity contribution in [2.24, 2.45) is 0 Å². The van der Waals surface area contributed by atoms with Crippen molar-refractivity contribution in [2.45, 2.75) is 31.2 Å². The molecule has 6 nitrogen and oxygen atoms in total. The number of sulfone groups is 1. The number of hydrogen-bond donors (Lipinski definition) is 0. The normalized spacial score (nSPS) is 13.8. The Morgan fingerprint density at radius 2 is 1.81 bits per heavy atom. The van der Waals surface area contributed by atoms with Crippen molar-refractivity contribution in [1.29, 1.82) is 0 Å². The number of fused-ring (bicyclic) bond motifs is 1. The zero-order valence-electron chi connectivity index (χ0n) is 16.9. The Morgan fingerprint density at radius 3 is 2.53 bits per heavy atom. The second kappa shape index (κ2) is 8.01. The largest absolute Gasteiger partial charge is 0.417 e. The summed E-state index contributed by atoms with van der Waals surface area (Å²) in [6.07, 6.45) is -2.32. The van der Waals surface area contributed by atoms with E-state index in [1.54, 1.807) is 30.3 Å². The van der Waals surface area contributed by atoms with E-state index in [-0.39, 0.29) is 29.8 Å². The first kappa shape index (κ1) is 21.9. The molecule has 1 aromatic carbocycles. The van der Waals surface area contributed by atoms with E-state index >= 15 is 0 Å². The average molecular weight is 461 g/mol.